The molecule has 31 heavy (non-hydrogen) atoms. The second kappa shape index (κ2) is 8.37. The van der Waals surface area contributed by atoms with Crippen LogP contribution in [0.3, 0.4) is 0 Å². The zero-order chi connectivity index (χ0) is 25.4. The number of amides is 2. The lowest BCUT2D eigenvalue weighted by Crippen LogP contribution is -2.72. The van der Waals surface area contributed by atoms with Crippen molar-refractivity contribution >= 4 is 23.8 Å². The van der Waals surface area contributed by atoms with E-state index in [0.717, 1.165) is 0 Å². The van der Waals surface area contributed by atoms with Gasteiger partial charge in [-0.1, -0.05) is 0 Å². The molecule has 2 atom stereocenters. The van der Waals surface area contributed by atoms with Gasteiger partial charge < -0.3 is 20.8 Å². The number of aliphatic carboxylic acids is 2. The van der Waals surface area contributed by atoms with E-state index in [4.69, 9.17) is 10.2 Å². The molecule has 0 heterocycles. The minimum Gasteiger partial charge on any atom is -0.480 e. The number of carbonyl (C=O) groups excluding carboxylic acids is 2. The zero-order valence-electron chi connectivity index (χ0n) is 15.0. The first kappa shape index (κ1) is 28.2. The van der Waals surface area contributed by atoms with Crippen LogP contribution in [0.1, 0.15) is 13.8 Å². The summed E-state index contributed by atoms with van der Waals surface area (Å²) in [6.45, 7) is 0.757. The van der Waals surface area contributed by atoms with Crippen molar-refractivity contribution in [3.05, 3.63) is 0 Å². The van der Waals surface area contributed by atoms with Crippen LogP contribution in [0.5, 0.6) is 0 Å². The summed E-state index contributed by atoms with van der Waals surface area (Å²) in [5.41, 5.74) is 0. The standard InChI is InChI=1S/C13H12F10N2O6/c1-3(5(26)27)24-7(30)9(14,15)11(18,19)13(22,23)12(20,21)10(16,17)8(31)25-4(2)6(28)29/h3-4H,1-2H3,(H,24,30)(H,25,31)(H,26,27)(H,28,29)/t3-,4+. The molecule has 0 saturated carbocycles. The van der Waals surface area contributed by atoms with Gasteiger partial charge in [0, 0.05) is 0 Å². The van der Waals surface area contributed by atoms with Gasteiger partial charge in [0.15, 0.2) is 0 Å². The van der Waals surface area contributed by atoms with Crippen LogP contribution in [0.25, 0.3) is 0 Å². The van der Waals surface area contributed by atoms with E-state index >= 15 is 0 Å². The van der Waals surface area contributed by atoms with Crippen LogP contribution >= 0.6 is 0 Å². The molecule has 0 aliphatic rings. The molecule has 0 aromatic heterocycles. The number of carbonyl (C=O) groups is 4. The van der Waals surface area contributed by atoms with Gasteiger partial charge in [0.2, 0.25) is 0 Å². The number of nitrogens with one attached hydrogen (secondary N) is 2. The quantitative estimate of drug-likeness (QED) is 0.348. The molecule has 0 saturated heterocycles. The van der Waals surface area contributed by atoms with Crippen LogP contribution in [0.4, 0.5) is 43.9 Å². The van der Waals surface area contributed by atoms with Crippen molar-refractivity contribution in [1.82, 2.24) is 10.6 Å². The van der Waals surface area contributed by atoms with Crippen LogP contribution in [0.2, 0.25) is 0 Å². The third kappa shape index (κ3) is 4.60. The molecule has 0 aliphatic heterocycles. The van der Waals surface area contributed by atoms with Crippen molar-refractivity contribution < 1.29 is 73.3 Å². The first-order chi connectivity index (χ1) is 13.5. The normalized spacial score (nSPS) is 15.6. The Labute approximate surface area is 164 Å². The van der Waals surface area contributed by atoms with Gasteiger partial charge in [-0.05, 0) is 13.8 Å². The van der Waals surface area contributed by atoms with E-state index < -0.39 is 65.4 Å². The van der Waals surface area contributed by atoms with Crippen LogP contribution < -0.4 is 10.6 Å². The highest BCUT2D eigenvalue weighted by molar-refractivity contribution is 5.90. The second-order valence-corrected chi connectivity index (χ2v) is 5.94. The molecule has 0 bridgehead atoms. The second-order valence-electron chi connectivity index (χ2n) is 5.94. The van der Waals surface area contributed by atoms with E-state index in [2.05, 4.69) is 0 Å². The van der Waals surface area contributed by atoms with Crippen LogP contribution in [-0.2, 0) is 19.2 Å². The van der Waals surface area contributed by atoms with Crippen LogP contribution in [-0.4, -0.2) is 75.7 Å². The highest BCUT2D eigenvalue weighted by Crippen LogP contribution is 2.57. The Kier molecular flexibility index (Phi) is 7.61. The van der Waals surface area contributed by atoms with Crippen molar-refractivity contribution in [3.63, 3.8) is 0 Å². The van der Waals surface area contributed by atoms with Crippen molar-refractivity contribution in [2.45, 2.75) is 55.5 Å². The lowest BCUT2D eigenvalue weighted by molar-refractivity contribution is -0.388. The smallest absolute Gasteiger partial charge is 0.392 e. The average Bonchev–Trinajstić information content (AvgIpc) is 2.60. The Morgan fingerprint density at radius 3 is 1.00 bits per heavy atom. The number of rotatable bonds is 10. The van der Waals surface area contributed by atoms with Crippen molar-refractivity contribution in [3.8, 4) is 0 Å². The van der Waals surface area contributed by atoms with E-state index in [-0.39, 0.29) is 0 Å². The van der Waals surface area contributed by atoms with Crippen molar-refractivity contribution in [1.29, 1.82) is 0 Å². The molecule has 2 amide bonds. The van der Waals surface area contributed by atoms with Gasteiger partial charge in [0.05, 0.1) is 0 Å². The third-order valence-corrected chi connectivity index (χ3v) is 3.58. The molecule has 0 rings (SSSR count). The van der Waals surface area contributed by atoms with Gasteiger partial charge in [-0.3, -0.25) is 19.2 Å². The summed E-state index contributed by atoms with van der Waals surface area (Å²) in [5, 5.41) is 17.9. The van der Waals surface area contributed by atoms with Crippen molar-refractivity contribution in [2.75, 3.05) is 0 Å². The lowest BCUT2D eigenvalue weighted by atomic mass is 9.93. The maximum atomic E-state index is 13.6. The van der Waals surface area contributed by atoms with Crippen LogP contribution in [0.15, 0.2) is 0 Å². The molecule has 4 N–H and O–H groups in total. The molecule has 0 fully saturated rings. The van der Waals surface area contributed by atoms with Gasteiger partial charge in [-0.25, -0.2) is 0 Å². The number of hydrogen-bond donors (Lipinski definition) is 4. The lowest BCUT2D eigenvalue weighted by Gasteiger charge is -2.38. The van der Waals surface area contributed by atoms with Gasteiger partial charge >= 0.3 is 41.6 Å². The van der Waals surface area contributed by atoms with E-state index in [9.17, 15) is 63.1 Å². The highest BCUT2D eigenvalue weighted by Gasteiger charge is 2.89. The fourth-order valence-corrected chi connectivity index (χ4v) is 1.57. The summed E-state index contributed by atoms with van der Waals surface area (Å²) in [5.74, 6) is -48.1. The summed E-state index contributed by atoms with van der Waals surface area (Å²) in [7, 11) is 0. The van der Waals surface area contributed by atoms with Gasteiger partial charge in [-0.2, -0.15) is 43.9 Å². The maximum absolute atomic E-state index is 13.6. The first-order valence-corrected chi connectivity index (χ1v) is 7.46. The summed E-state index contributed by atoms with van der Waals surface area (Å²) in [4.78, 5) is 43.0. The molecule has 180 valence electrons. The van der Waals surface area contributed by atoms with Gasteiger partial charge in [-0.15, -0.1) is 0 Å². The fraction of sp³-hybridized carbons (Fsp3) is 0.692. The Balaban J connectivity index is 6.21. The van der Waals surface area contributed by atoms with Crippen LogP contribution in [0, 0.1) is 0 Å². The number of halogens is 10. The van der Waals surface area contributed by atoms with E-state index in [1.807, 2.05) is 0 Å². The molecular weight excluding hydrogens is 470 g/mol. The van der Waals surface area contributed by atoms with E-state index in [1.165, 1.54) is 0 Å². The van der Waals surface area contributed by atoms with Crippen molar-refractivity contribution in [2.24, 2.45) is 0 Å². The Morgan fingerprint density at radius 1 is 0.581 bits per heavy atom. The predicted octanol–water partition coefficient (Wildman–Crippen LogP) is 1.34. The average molecular weight is 482 g/mol. The Hall–Kier alpha value is -2.82. The monoisotopic (exact) mass is 482 g/mol. The molecular formula is C13H12F10N2O6. The molecule has 0 radical (unpaired) electrons. The largest absolute Gasteiger partial charge is 0.480 e. The molecule has 18 heteroatoms. The van der Waals surface area contributed by atoms with Gasteiger partial charge in [0.25, 0.3) is 11.8 Å². The molecule has 8 nitrogen and oxygen atoms in total. The summed E-state index contributed by atoms with van der Waals surface area (Å²) >= 11 is 0. The number of hydrogen-bond acceptors (Lipinski definition) is 4. The Morgan fingerprint density at radius 2 is 0.806 bits per heavy atom. The number of alkyl halides is 10. The maximum Gasteiger partial charge on any atom is 0.392 e. The molecule has 0 unspecified atom stereocenters. The Bertz CT molecular complexity index is 697. The van der Waals surface area contributed by atoms with Gasteiger partial charge in [0.1, 0.15) is 12.1 Å². The summed E-state index contributed by atoms with van der Waals surface area (Å²) < 4.78 is 136. The molecule has 0 aromatic carbocycles. The zero-order valence-corrected chi connectivity index (χ0v) is 15.0. The summed E-state index contributed by atoms with van der Waals surface area (Å²) in [6, 6.07) is -4.85. The number of carboxylic acids is 2. The molecule has 0 aliphatic carbocycles. The fourth-order valence-electron chi connectivity index (χ4n) is 1.57. The number of carboxylic acid groups (broad SMARTS) is 2. The summed E-state index contributed by atoms with van der Waals surface area (Å²) in [6.07, 6.45) is 0. The minimum atomic E-state index is -7.80. The van der Waals surface area contributed by atoms with E-state index in [1.54, 1.807) is 0 Å². The minimum absolute atomic E-state index is 0.378. The molecule has 0 spiro atoms. The third-order valence-electron chi connectivity index (χ3n) is 3.58. The van der Waals surface area contributed by atoms with E-state index in [0.29, 0.717) is 24.5 Å². The predicted molar refractivity (Wildman–Crippen MR) is 75.2 cm³/mol. The molecule has 0 aromatic rings. The topological polar surface area (TPSA) is 133 Å². The highest BCUT2D eigenvalue weighted by atomic mass is 19.4. The SMILES string of the molecule is C[C@H](NC(=O)C(F)(F)C(F)(F)C(F)(F)C(F)(F)C(F)(F)C(=O)N[C@H](C)C(=O)O)C(=O)O. The first-order valence-electron chi connectivity index (χ1n) is 7.46.